The molecule has 0 spiro atoms. The highest BCUT2D eigenvalue weighted by atomic mass is 16.7. The number of oxime groups is 1. The Morgan fingerprint density at radius 1 is 0.829 bits per heavy atom. The zero-order valence-corrected chi connectivity index (χ0v) is 52.7. The Balaban J connectivity index is 1.71. The minimum atomic E-state index is -1.97. The van der Waals surface area contributed by atoms with Gasteiger partial charge in [-0.05, 0) is 80.7 Å². The van der Waals surface area contributed by atoms with E-state index in [2.05, 4.69) is 27.2 Å². The van der Waals surface area contributed by atoms with E-state index in [-0.39, 0.29) is 43.9 Å². The number of aliphatic hydroxyl groups is 2. The van der Waals surface area contributed by atoms with Gasteiger partial charge in [0.1, 0.15) is 43.7 Å². The number of hydrogen-bond acceptors (Lipinski definition) is 22. The first-order valence-corrected chi connectivity index (χ1v) is 29.8. The number of nitrogens with zero attached hydrogens (tertiary/aromatic N) is 3. The molecule has 23 heteroatoms. The Labute approximate surface area is 488 Å². The average Bonchev–Trinajstić information content (AvgIpc) is 3.58. The van der Waals surface area contributed by atoms with Crippen LogP contribution < -0.4 is 5.32 Å². The van der Waals surface area contributed by atoms with Crippen molar-refractivity contribution in [3.8, 4) is 0 Å². The molecule has 0 radical (unpaired) electrons. The lowest BCUT2D eigenvalue weighted by Crippen LogP contribution is -2.59. The second kappa shape index (κ2) is 31.0. The van der Waals surface area contributed by atoms with E-state index in [1.54, 1.807) is 34.6 Å². The lowest BCUT2D eigenvalue weighted by molar-refractivity contribution is -0.305. The summed E-state index contributed by atoms with van der Waals surface area (Å²) in [6.45, 7) is 30.6. The summed E-state index contributed by atoms with van der Waals surface area (Å²) in [7, 11) is 6.32. The Kier molecular flexibility index (Phi) is 26.3. The van der Waals surface area contributed by atoms with Gasteiger partial charge in [-0.25, -0.2) is 4.79 Å². The predicted molar refractivity (Wildman–Crippen MR) is 301 cm³/mol. The molecule has 0 aromatic carbocycles. The first-order valence-electron chi connectivity index (χ1n) is 29.8. The maximum atomic E-state index is 16.0. The fourth-order valence-corrected chi connectivity index (χ4v) is 12.6. The van der Waals surface area contributed by atoms with Crippen LogP contribution in [0.25, 0.3) is 0 Å². The van der Waals surface area contributed by atoms with Gasteiger partial charge in [-0.3, -0.25) is 19.3 Å². The largest absolute Gasteiger partial charge is 0.461 e. The quantitative estimate of drug-likeness (QED) is 0.0914. The van der Waals surface area contributed by atoms with Crippen molar-refractivity contribution in [3.63, 3.8) is 0 Å². The number of likely N-dealkylation sites (N-methyl/N-ethyl adjacent to an activating group) is 1. The summed E-state index contributed by atoms with van der Waals surface area (Å²) in [5.74, 6) is -7.39. The molecular formula is C59H104N4O19. The van der Waals surface area contributed by atoms with E-state index in [0.717, 1.165) is 0 Å². The minimum absolute atomic E-state index is 0.00848. The zero-order chi connectivity index (χ0) is 61.1. The van der Waals surface area contributed by atoms with Gasteiger partial charge in [-0.15, -0.1) is 0 Å². The van der Waals surface area contributed by atoms with Crippen LogP contribution in [0.15, 0.2) is 5.16 Å². The summed E-state index contributed by atoms with van der Waals surface area (Å²) in [5, 5.41) is 30.0. The molecule has 5 fully saturated rings. The number of methoxy groups -OCH3 is 2. The number of ketones is 1. The highest BCUT2D eigenvalue weighted by Crippen LogP contribution is 2.41. The number of nitrogens with one attached hydrogen (secondary N) is 1. The van der Waals surface area contributed by atoms with Crippen molar-refractivity contribution in [2.75, 3.05) is 74.4 Å². The van der Waals surface area contributed by atoms with Crippen LogP contribution in [0.5, 0.6) is 0 Å². The third-order valence-electron chi connectivity index (χ3n) is 17.1. The number of Topliss-reactive ketones (excluding diaryl/α,β-unsaturated/α-hetero) is 1. The Morgan fingerprint density at radius 2 is 1.49 bits per heavy atom. The molecule has 3 N–H and O–H groups in total. The van der Waals surface area contributed by atoms with Crippen LogP contribution in [0.1, 0.15) is 130 Å². The first-order chi connectivity index (χ1) is 38.4. The van der Waals surface area contributed by atoms with E-state index in [0.29, 0.717) is 51.5 Å². The standard InChI is InChI=1S/C59H104N4O19/c1-31(2)24-43(64)78-49-38(9)48(33(4)29-74-56-52(71-18)51(70-17)45(65)41(12)77-56)80-54(68)40(11)50(79-44-25-34(5)62(16)28-36(7)75-44)37(8)47(81-55-46(66)42(61-72-19)26-35(6)76-55)32(3)27-59(15,53(67)39(49)10)82-57(69)60-58(13,14)30-63-20-22-73-23-21-63/h31-41,44-52,55-56,65-66H,20-30H2,1-19H3,(H,60,69)/t32-,33?,34?,35+,36-,37+,38-,39+,40+,41+,44-,45+,46+,47-,48+,49+,50-,51+,52+,55-,56+,59-/m0/s1. The summed E-state index contributed by atoms with van der Waals surface area (Å²) in [5.41, 5.74) is -2.51. The minimum Gasteiger partial charge on any atom is -0.461 e. The van der Waals surface area contributed by atoms with Gasteiger partial charge in [0.2, 0.25) is 0 Å². The molecular weight excluding hydrogens is 1070 g/mol. The van der Waals surface area contributed by atoms with E-state index >= 15 is 9.59 Å². The monoisotopic (exact) mass is 1170 g/mol. The molecule has 0 aromatic rings. The number of cyclic esters (lactones) is 1. The van der Waals surface area contributed by atoms with Gasteiger partial charge in [0.15, 0.2) is 30.3 Å². The summed E-state index contributed by atoms with van der Waals surface area (Å²) in [6, 6.07) is 0.0105. The number of alkyl carbamates (subject to hydrolysis) is 1. The van der Waals surface area contributed by atoms with Gasteiger partial charge < -0.3 is 82.1 Å². The molecule has 23 nitrogen and oxygen atoms in total. The number of morpholine rings is 1. The molecule has 82 heavy (non-hydrogen) atoms. The molecule has 0 aliphatic carbocycles. The summed E-state index contributed by atoms with van der Waals surface area (Å²) >= 11 is 0. The summed E-state index contributed by atoms with van der Waals surface area (Å²) in [6.07, 6.45) is -13.5. The number of ether oxygens (including phenoxy) is 12. The molecule has 0 saturated carbocycles. The van der Waals surface area contributed by atoms with E-state index in [9.17, 15) is 19.8 Å². The van der Waals surface area contributed by atoms with Crippen molar-refractivity contribution >= 4 is 29.5 Å². The number of carbonyl (C=O) groups is 4. The Hall–Kier alpha value is -3.17. The van der Waals surface area contributed by atoms with Crippen LogP contribution in [-0.2, 0) is 76.1 Å². The number of amides is 1. The van der Waals surface area contributed by atoms with Crippen LogP contribution in [-0.4, -0.2) is 227 Å². The fourth-order valence-electron chi connectivity index (χ4n) is 12.6. The van der Waals surface area contributed by atoms with Crippen LogP contribution >= 0.6 is 0 Å². The molecule has 22 atom stereocenters. The number of aliphatic hydroxyl groups excluding tert-OH is 2. The summed E-state index contributed by atoms with van der Waals surface area (Å²) < 4.78 is 76.4. The topological polar surface area (TPSA) is 260 Å². The van der Waals surface area contributed by atoms with Gasteiger partial charge in [0.05, 0.1) is 73.4 Å². The molecule has 1 amide bonds. The third kappa shape index (κ3) is 18.4. The smallest absolute Gasteiger partial charge is 0.408 e. The average molecular weight is 1170 g/mol. The fraction of sp³-hybridized carbons (Fsp3) is 0.915. The van der Waals surface area contributed by atoms with Crippen molar-refractivity contribution < 1.29 is 91.1 Å². The summed E-state index contributed by atoms with van der Waals surface area (Å²) in [4.78, 5) is 69.7. The maximum Gasteiger partial charge on any atom is 0.408 e. The highest BCUT2D eigenvalue weighted by Gasteiger charge is 2.53. The number of carbonyl (C=O) groups excluding carboxylic acids is 4. The van der Waals surface area contributed by atoms with Crippen LogP contribution in [0.3, 0.4) is 0 Å². The van der Waals surface area contributed by atoms with Gasteiger partial charge in [0.25, 0.3) is 0 Å². The molecule has 474 valence electrons. The lowest BCUT2D eigenvalue weighted by Gasteiger charge is -2.45. The Morgan fingerprint density at radius 3 is 2.11 bits per heavy atom. The van der Waals surface area contributed by atoms with Gasteiger partial charge in [0, 0.05) is 83.5 Å². The van der Waals surface area contributed by atoms with E-state index < -0.39 is 150 Å². The molecule has 5 heterocycles. The van der Waals surface area contributed by atoms with E-state index in [4.69, 9.17) is 61.7 Å². The van der Waals surface area contributed by atoms with Gasteiger partial charge in [-0.2, -0.15) is 0 Å². The molecule has 0 aromatic heterocycles. The molecule has 2 unspecified atom stereocenters. The van der Waals surface area contributed by atoms with Crippen LogP contribution in [0.4, 0.5) is 4.79 Å². The maximum absolute atomic E-state index is 16.0. The Bertz CT molecular complexity index is 2060. The third-order valence-corrected chi connectivity index (χ3v) is 17.1. The van der Waals surface area contributed by atoms with Gasteiger partial charge >= 0.3 is 18.0 Å². The molecule has 5 aliphatic rings. The van der Waals surface area contributed by atoms with E-state index in [1.807, 2.05) is 69.4 Å². The molecule has 5 saturated heterocycles. The van der Waals surface area contributed by atoms with Gasteiger partial charge in [-0.1, -0.05) is 53.6 Å². The molecule has 0 bridgehead atoms. The predicted octanol–water partition coefficient (Wildman–Crippen LogP) is 5.12. The molecule has 5 rings (SSSR count). The van der Waals surface area contributed by atoms with Crippen molar-refractivity contribution in [2.45, 2.75) is 233 Å². The highest BCUT2D eigenvalue weighted by molar-refractivity contribution is 5.92. The second-order valence-corrected chi connectivity index (χ2v) is 25.6. The SMILES string of the molecule is CON=C1C[C@@H](C)O[C@@H](O[C@@H]2[C@@H](C)[C@H](O[C@H]3CC(C)N(C)C[C@H](C)O3)[C@@H](C)C(=O)O[C@H](C(C)CO[C@@H]3O[C@H](C)[C@@H](O)[C@@H](OC)[C@H]3OC)[C@H](C)[C@@H](OC(=O)CC(C)C)[C@@H](C)C(=O)[C@@](C)(OC(=O)NC(C)(C)CN3CCOCC3)C[C@@H]2C)[C@@H]1O. The second-order valence-electron chi connectivity index (χ2n) is 25.6. The van der Waals surface area contributed by atoms with Crippen molar-refractivity contribution in [1.82, 2.24) is 15.1 Å². The number of rotatable bonds is 18. The van der Waals surface area contributed by atoms with E-state index in [1.165, 1.54) is 21.3 Å². The van der Waals surface area contributed by atoms with Crippen molar-refractivity contribution in [3.05, 3.63) is 0 Å². The van der Waals surface area contributed by atoms with Crippen molar-refractivity contribution in [2.24, 2.45) is 46.6 Å². The zero-order valence-electron chi connectivity index (χ0n) is 52.7. The lowest BCUT2D eigenvalue weighted by atomic mass is 9.74. The number of hydrogen-bond donors (Lipinski definition) is 3. The molecule has 5 aliphatic heterocycles. The number of esters is 2. The van der Waals surface area contributed by atoms with Crippen LogP contribution in [0, 0.1) is 41.4 Å². The van der Waals surface area contributed by atoms with Crippen molar-refractivity contribution in [1.29, 1.82) is 0 Å². The van der Waals surface area contributed by atoms with Crippen LogP contribution in [0.2, 0.25) is 0 Å². The first kappa shape index (κ1) is 69.6. The normalized spacial score (nSPS) is 40.1.